The van der Waals surface area contributed by atoms with Gasteiger partial charge >= 0.3 is 0 Å². The molecule has 1 atom stereocenters. The number of carbonyl (C=O) groups is 2. The van der Waals surface area contributed by atoms with E-state index in [0.717, 1.165) is 11.1 Å². The van der Waals surface area contributed by atoms with Gasteiger partial charge in [0.15, 0.2) is 0 Å². The van der Waals surface area contributed by atoms with Gasteiger partial charge in [-0.05, 0) is 18.6 Å². The monoisotopic (exact) mass is 277 g/mol. The third-order valence-electron chi connectivity index (χ3n) is 3.13. The molecule has 1 aliphatic rings. The summed E-state index contributed by atoms with van der Waals surface area (Å²) in [5.74, 6) is -0.532. The molecule has 1 aromatic carbocycles. The van der Waals surface area contributed by atoms with E-state index in [-0.39, 0.29) is 24.4 Å². The second kappa shape index (κ2) is 5.46. The van der Waals surface area contributed by atoms with E-state index in [9.17, 15) is 9.59 Å². The lowest BCUT2D eigenvalue weighted by atomic mass is 10.1. The Morgan fingerprint density at radius 3 is 2.95 bits per heavy atom. The molecule has 0 aliphatic carbocycles. The maximum absolute atomic E-state index is 11.6. The van der Waals surface area contributed by atoms with Crippen LogP contribution in [-0.4, -0.2) is 34.3 Å². The van der Waals surface area contributed by atoms with Gasteiger partial charge in [0.05, 0.1) is 12.6 Å². The lowest BCUT2D eigenvalue weighted by Gasteiger charge is -2.31. The quantitative estimate of drug-likeness (QED) is 0.608. The molecule has 19 heavy (non-hydrogen) atoms. The number of rotatable bonds is 3. The van der Waals surface area contributed by atoms with Crippen LogP contribution in [0.2, 0.25) is 0 Å². The molecule has 1 fully saturated rings. The molecule has 1 saturated heterocycles. The zero-order chi connectivity index (χ0) is 14.0. The van der Waals surface area contributed by atoms with Crippen LogP contribution in [0.1, 0.15) is 18.1 Å². The van der Waals surface area contributed by atoms with E-state index in [1.165, 1.54) is 0 Å². The molecule has 0 saturated carbocycles. The third-order valence-corrected chi connectivity index (χ3v) is 3.37. The fourth-order valence-electron chi connectivity index (χ4n) is 2.02. The van der Waals surface area contributed by atoms with Gasteiger partial charge in [0, 0.05) is 12.1 Å². The van der Waals surface area contributed by atoms with Crippen molar-refractivity contribution in [3.8, 4) is 0 Å². The highest BCUT2D eigenvalue weighted by Gasteiger charge is 2.29. The standard InChI is InChI=1S/C13H15N3O2S/c1-8-13(18)15-11(17)7-16(8)6-9-3-2-4-10(5-9)12(14)19/h2-5,8H,6-7H2,1H3,(H2,14,19)(H,15,17,18). The number of hydrogen-bond acceptors (Lipinski definition) is 4. The molecule has 2 amide bonds. The Balaban J connectivity index is 2.16. The van der Waals surface area contributed by atoms with Crippen molar-refractivity contribution in [2.45, 2.75) is 19.5 Å². The molecule has 2 rings (SSSR count). The van der Waals surface area contributed by atoms with Gasteiger partial charge in [0.25, 0.3) is 0 Å². The van der Waals surface area contributed by atoms with Crippen molar-refractivity contribution in [3.63, 3.8) is 0 Å². The van der Waals surface area contributed by atoms with Crippen LogP contribution in [0.5, 0.6) is 0 Å². The fourth-order valence-corrected chi connectivity index (χ4v) is 2.15. The van der Waals surface area contributed by atoms with Crippen molar-refractivity contribution in [1.29, 1.82) is 0 Å². The van der Waals surface area contributed by atoms with Crippen LogP contribution in [0.15, 0.2) is 24.3 Å². The summed E-state index contributed by atoms with van der Waals surface area (Å²) < 4.78 is 0. The minimum absolute atomic E-state index is 0.213. The smallest absolute Gasteiger partial charge is 0.243 e. The molecule has 3 N–H and O–H groups in total. The predicted molar refractivity (Wildman–Crippen MR) is 75.4 cm³/mol. The molecule has 1 aromatic rings. The molecule has 5 nitrogen and oxygen atoms in total. The lowest BCUT2D eigenvalue weighted by Crippen LogP contribution is -2.56. The number of piperazine rings is 1. The molecule has 1 heterocycles. The number of carbonyl (C=O) groups excluding carboxylic acids is 2. The van der Waals surface area contributed by atoms with Crippen molar-refractivity contribution in [1.82, 2.24) is 10.2 Å². The number of hydrogen-bond donors (Lipinski definition) is 2. The first-order chi connectivity index (χ1) is 8.97. The van der Waals surface area contributed by atoms with Crippen LogP contribution in [0.3, 0.4) is 0 Å². The van der Waals surface area contributed by atoms with Crippen LogP contribution in [-0.2, 0) is 16.1 Å². The fraction of sp³-hybridized carbons (Fsp3) is 0.308. The molecule has 0 bridgehead atoms. The highest BCUT2D eigenvalue weighted by molar-refractivity contribution is 7.80. The first-order valence-electron chi connectivity index (χ1n) is 5.94. The maximum Gasteiger partial charge on any atom is 0.243 e. The van der Waals surface area contributed by atoms with E-state index < -0.39 is 0 Å². The summed E-state index contributed by atoms with van der Waals surface area (Å²) in [7, 11) is 0. The second-order valence-corrected chi connectivity index (χ2v) is 5.00. The average Bonchev–Trinajstić information content (AvgIpc) is 2.35. The minimum Gasteiger partial charge on any atom is -0.389 e. The lowest BCUT2D eigenvalue weighted by molar-refractivity contribution is -0.139. The summed E-state index contributed by atoms with van der Waals surface area (Å²) >= 11 is 4.93. The minimum atomic E-state index is -0.328. The van der Waals surface area contributed by atoms with E-state index >= 15 is 0 Å². The van der Waals surface area contributed by atoms with Crippen molar-refractivity contribution < 1.29 is 9.59 Å². The first kappa shape index (κ1) is 13.6. The SMILES string of the molecule is CC1C(=O)NC(=O)CN1Cc1cccc(C(N)=S)c1. The molecule has 0 spiro atoms. The Morgan fingerprint density at radius 1 is 1.53 bits per heavy atom. The molecule has 100 valence electrons. The predicted octanol–water partition coefficient (Wildman–Crippen LogP) is 0.168. The van der Waals surface area contributed by atoms with Gasteiger partial charge in [-0.15, -0.1) is 0 Å². The number of nitrogens with one attached hydrogen (secondary N) is 1. The first-order valence-corrected chi connectivity index (χ1v) is 6.34. The number of imide groups is 1. The van der Waals surface area contributed by atoms with Gasteiger partial charge in [-0.2, -0.15) is 0 Å². The van der Waals surface area contributed by atoms with Crippen LogP contribution >= 0.6 is 12.2 Å². The van der Waals surface area contributed by atoms with E-state index in [1.54, 1.807) is 6.92 Å². The summed E-state index contributed by atoms with van der Waals surface area (Å²) in [5.41, 5.74) is 7.34. The summed E-state index contributed by atoms with van der Waals surface area (Å²) in [6.07, 6.45) is 0. The Kier molecular flexibility index (Phi) is 3.92. The summed E-state index contributed by atoms with van der Waals surface area (Å²) in [6.45, 7) is 2.50. The van der Waals surface area contributed by atoms with Crippen LogP contribution in [0.25, 0.3) is 0 Å². The number of amides is 2. The van der Waals surface area contributed by atoms with Crippen molar-refractivity contribution >= 4 is 29.0 Å². The molecule has 0 radical (unpaired) electrons. The maximum atomic E-state index is 11.6. The largest absolute Gasteiger partial charge is 0.389 e. The van der Waals surface area contributed by atoms with Gasteiger partial charge in [-0.25, -0.2) is 0 Å². The van der Waals surface area contributed by atoms with Crippen molar-refractivity contribution in [3.05, 3.63) is 35.4 Å². The van der Waals surface area contributed by atoms with Gasteiger partial charge in [0.1, 0.15) is 4.99 Å². The topological polar surface area (TPSA) is 75.4 Å². The van der Waals surface area contributed by atoms with Gasteiger partial charge in [-0.3, -0.25) is 19.8 Å². The highest BCUT2D eigenvalue weighted by Crippen LogP contribution is 2.13. The zero-order valence-electron chi connectivity index (χ0n) is 10.6. The number of nitrogens with two attached hydrogens (primary N) is 1. The van der Waals surface area contributed by atoms with E-state index in [2.05, 4.69) is 5.32 Å². The third kappa shape index (κ3) is 3.15. The van der Waals surface area contributed by atoms with Gasteiger partial charge in [0.2, 0.25) is 11.8 Å². The van der Waals surface area contributed by atoms with E-state index in [0.29, 0.717) is 11.5 Å². The summed E-state index contributed by atoms with van der Waals surface area (Å²) in [4.78, 5) is 25.1. The van der Waals surface area contributed by atoms with Crippen molar-refractivity contribution in [2.75, 3.05) is 6.54 Å². The highest BCUT2D eigenvalue weighted by atomic mass is 32.1. The number of thiocarbonyl (C=S) groups is 1. The average molecular weight is 277 g/mol. The number of benzene rings is 1. The van der Waals surface area contributed by atoms with Gasteiger partial charge < -0.3 is 5.73 Å². The van der Waals surface area contributed by atoms with E-state index in [1.807, 2.05) is 29.2 Å². The second-order valence-electron chi connectivity index (χ2n) is 4.56. The zero-order valence-corrected chi connectivity index (χ0v) is 11.4. The molecular weight excluding hydrogens is 262 g/mol. The molecular formula is C13H15N3O2S. The van der Waals surface area contributed by atoms with Crippen LogP contribution < -0.4 is 11.1 Å². The van der Waals surface area contributed by atoms with Crippen LogP contribution in [0, 0.1) is 0 Å². The summed E-state index contributed by atoms with van der Waals surface area (Å²) in [5, 5.41) is 2.31. The molecule has 0 aromatic heterocycles. The molecule has 6 heteroatoms. The van der Waals surface area contributed by atoms with E-state index in [4.69, 9.17) is 18.0 Å². The Morgan fingerprint density at radius 2 is 2.26 bits per heavy atom. The summed E-state index contributed by atoms with van der Waals surface area (Å²) in [6, 6.07) is 7.17. The van der Waals surface area contributed by atoms with Crippen LogP contribution in [0.4, 0.5) is 0 Å². The Bertz CT molecular complexity index is 544. The Hall–Kier alpha value is -1.79. The number of nitrogens with zero attached hydrogens (tertiary/aromatic N) is 1. The van der Waals surface area contributed by atoms with Gasteiger partial charge in [-0.1, -0.05) is 30.4 Å². The normalized spacial score (nSPS) is 20.2. The molecule has 1 unspecified atom stereocenters. The molecule has 1 aliphatic heterocycles. The Labute approximate surface area is 116 Å². The van der Waals surface area contributed by atoms with Crippen molar-refractivity contribution in [2.24, 2.45) is 5.73 Å².